The van der Waals surface area contributed by atoms with E-state index in [0.717, 1.165) is 37.1 Å². The number of hydrogen-bond donors (Lipinski definition) is 2. The molecule has 1 saturated heterocycles. The fraction of sp³-hybridized carbons (Fsp3) is 0.409. The first-order chi connectivity index (χ1) is 13.9. The number of rotatable bonds is 5. The first-order valence-corrected chi connectivity index (χ1v) is 10.6. The van der Waals surface area contributed by atoms with Crippen molar-refractivity contribution in [3.63, 3.8) is 0 Å². The quantitative estimate of drug-likeness (QED) is 0.735. The maximum atomic E-state index is 11.4. The summed E-state index contributed by atoms with van der Waals surface area (Å²) in [5.41, 5.74) is 2.76. The van der Waals surface area contributed by atoms with Crippen LogP contribution in [-0.4, -0.2) is 41.7 Å². The van der Waals surface area contributed by atoms with Crippen LogP contribution in [0, 0.1) is 5.92 Å². The van der Waals surface area contributed by atoms with Gasteiger partial charge in [-0.05, 0) is 55.1 Å². The molecule has 1 fully saturated rings. The minimum absolute atomic E-state index is 0.113. The highest BCUT2D eigenvalue weighted by molar-refractivity contribution is 6.35. The highest BCUT2D eigenvalue weighted by Gasteiger charge is 2.41. The number of halogens is 2. The van der Waals surface area contributed by atoms with E-state index in [1.54, 1.807) is 6.07 Å². The van der Waals surface area contributed by atoms with E-state index in [1.807, 2.05) is 30.3 Å². The van der Waals surface area contributed by atoms with Crippen LogP contribution >= 0.6 is 23.2 Å². The second-order valence-electron chi connectivity index (χ2n) is 7.81. The van der Waals surface area contributed by atoms with E-state index in [9.17, 15) is 9.90 Å². The number of benzene rings is 2. The number of aliphatic hydroxyl groups excluding tert-OH is 1. The number of ether oxygens (including phenoxy) is 1. The Kier molecular flexibility index (Phi) is 6.02. The number of carbonyl (C=O) groups is 1. The fourth-order valence-electron chi connectivity index (χ4n) is 4.39. The van der Waals surface area contributed by atoms with Crippen LogP contribution in [-0.2, 0) is 11.2 Å². The van der Waals surface area contributed by atoms with E-state index in [0.29, 0.717) is 27.4 Å². The Hall–Kier alpha value is -1.79. The van der Waals surface area contributed by atoms with Gasteiger partial charge in [0, 0.05) is 47.4 Å². The van der Waals surface area contributed by atoms with Gasteiger partial charge >= 0.3 is 0 Å². The Bertz CT molecular complexity index is 921. The lowest BCUT2D eigenvalue weighted by Gasteiger charge is -2.30. The highest BCUT2D eigenvalue weighted by Crippen LogP contribution is 2.43. The van der Waals surface area contributed by atoms with Crippen molar-refractivity contribution in [3.05, 3.63) is 57.6 Å². The fourth-order valence-corrected chi connectivity index (χ4v) is 4.97. The monoisotopic (exact) mass is 434 g/mol. The van der Waals surface area contributed by atoms with Gasteiger partial charge in [-0.1, -0.05) is 29.3 Å². The third-order valence-corrected chi connectivity index (χ3v) is 6.28. The zero-order chi connectivity index (χ0) is 20.5. The summed E-state index contributed by atoms with van der Waals surface area (Å²) in [5, 5.41) is 13.6. The lowest BCUT2D eigenvalue weighted by Crippen LogP contribution is -2.38. The van der Waals surface area contributed by atoms with Crippen molar-refractivity contribution in [3.8, 4) is 5.75 Å². The molecule has 0 radical (unpaired) electrons. The Balaban J connectivity index is 1.65. The summed E-state index contributed by atoms with van der Waals surface area (Å²) in [4.78, 5) is 13.8. The van der Waals surface area contributed by atoms with Gasteiger partial charge in [0.15, 0.2) is 0 Å². The van der Waals surface area contributed by atoms with Crippen LogP contribution in [0.25, 0.3) is 0 Å². The molecular weight excluding hydrogens is 411 g/mol. The number of hydrogen-bond acceptors (Lipinski definition) is 4. The highest BCUT2D eigenvalue weighted by atomic mass is 35.5. The molecule has 1 unspecified atom stereocenters. The third-order valence-electron chi connectivity index (χ3n) is 5.73. The molecule has 29 heavy (non-hydrogen) atoms. The predicted molar refractivity (Wildman–Crippen MR) is 115 cm³/mol. The minimum atomic E-state index is -0.230. The molecule has 4 rings (SSSR count). The number of amides is 1. The Morgan fingerprint density at radius 2 is 2.14 bits per heavy atom. The molecule has 5 nitrogen and oxygen atoms in total. The zero-order valence-corrected chi connectivity index (χ0v) is 17.7. The van der Waals surface area contributed by atoms with E-state index in [4.69, 9.17) is 27.9 Å². The van der Waals surface area contributed by atoms with Gasteiger partial charge in [-0.15, -0.1) is 0 Å². The van der Waals surface area contributed by atoms with Crippen LogP contribution in [0.4, 0.5) is 5.69 Å². The smallest absolute Gasteiger partial charge is 0.221 e. The van der Waals surface area contributed by atoms with Crippen LogP contribution in [0.15, 0.2) is 36.4 Å². The molecule has 1 heterocycles. The number of carbonyl (C=O) groups excluding carboxylic acids is 1. The Morgan fingerprint density at radius 3 is 2.86 bits per heavy atom. The number of nitrogens with zero attached hydrogens (tertiary/aromatic N) is 1. The normalized spacial score (nSPS) is 23.8. The van der Waals surface area contributed by atoms with Crippen LogP contribution in [0.3, 0.4) is 0 Å². The average molecular weight is 435 g/mol. The van der Waals surface area contributed by atoms with Crippen LogP contribution in [0.5, 0.6) is 5.75 Å². The Labute approximate surface area is 180 Å². The molecule has 1 aliphatic carbocycles. The molecule has 0 spiro atoms. The SMILES string of the molecule is CC(=O)Nc1cccc(O[C@H]2c3cc(Cl)cc(Cl)c3C[C@@H]2N2CCC(CO)C2)c1. The molecular formula is C22H24Cl2N2O3. The predicted octanol–water partition coefficient (Wildman–Crippen LogP) is 4.31. The number of aliphatic hydroxyl groups is 1. The molecule has 7 heteroatoms. The van der Waals surface area contributed by atoms with Crippen LogP contribution in [0.1, 0.15) is 30.6 Å². The lowest BCUT2D eigenvalue weighted by atomic mass is 10.1. The second kappa shape index (κ2) is 8.52. The van der Waals surface area contributed by atoms with Gasteiger partial charge in [-0.25, -0.2) is 0 Å². The van der Waals surface area contributed by atoms with Crippen molar-refractivity contribution in [2.45, 2.75) is 31.9 Å². The zero-order valence-electron chi connectivity index (χ0n) is 16.2. The molecule has 2 aromatic rings. The van der Waals surface area contributed by atoms with Gasteiger partial charge in [-0.3, -0.25) is 9.69 Å². The molecule has 3 atom stereocenters. The van der Waals surface area contributed by atoms with E-state index in [1.165, 1.54) is 6.92 Å². The number of likely N-dealkylation sites (tertiary alicyclic amines) is 1. The first-order valence-electron chi connectivity index (χ1n) is 9.81. The molecule has 2 aromatic carbocycles. The van der Waals surface area contributed by atoms with Crippen molar-refractivity contribution in [1.82, 2.24) is 4.90 Å². The van der Waals surface area contributed by atoms with Crippen LogP contribution in [0.2, 0.25) is 10.0 Å². The van der Waals surface area contributed by atoms with Gasteiger partial charge in [0.05, 0.1) is 6.04 Å². The number of nitrogens with one attached hydrogen (secondary N) is 1. The van der Waals surface area contributed by atoms with Gasteiger partial charge in [-0.2, -0.15) is 0 Å². The summed E-state index contributed by atoms with van der Waals surface area (Å²) in [6.07, 6.45) is 1.52. The van der Waals surface area contributed by atoms with E-state index in [-0.39, 0.29) is 24.7 Å². The summed E-state index contributed by atoms with van der Waals surface area (Å²) in [5.74, 6) is 0.839. The van der Waals surface area contributed by atoms with Crippen molar-refractivity contribution in [2.75, 3.05) is 25.0 Å². The summed E-state index contributed by atoms with van der Waals surface area (Å²) < 4.78 is 6.46. The second-order valence-corrected chi connectivity index (χ2v) is 8.65. The molecule has 1 aliphatic heterocycles. The maximum absolute atomic E-state index is 11.4. The summed E-state index contributed by atoms with van der Waals surface area (Å²) in [7, 11) is 0. The minimum Gasteiger partial charge on any atom is -0.484 e. The number of fused-ring (bicyclic) bond motifs is 1. The molecule has 0 bridgehead atoms. The molecule has 1 amide bonds. The van der Waals surface area contributed by atoms with Crippen LogP contribution < -0.4 is 10.1 Å². The molecule has 0 saturated carbocycles. The lowest BCUT2D eigenvalue weighted by molar-refractivity contribution is -0.114. The molecule has 0 aromatic heterocycles. The van der Waals surface area contributed by atoms with Gasteiger partial charge in [0.1, 0.15) is 11.9 Å². The van der Waals surface area contributed by atoms with Crippen molar-refractivity contribution in [1.29, 1.82) is 0 Å². The topological polar surface area (TPSA) is 61.8 Å². The van der Waals surface area contributed by atoms with Crippen molar-refractivity contribution in [2.24, 2.45) is 5.92 Å². The molecule has 2 N–H and O–H groups in total. The third kappa shape index (κ3) is 4.38. The van der Waals surface area contributed by atoms with E-state index < -0.39 is 0 Å². The Morgan fingerprint density at radius 1 is 1.31 bits per heavy atom. The summed E-state index contributed by atoms with van der Waals surface area (Å²) in [6, 6.07) is 11.2. The number of anilines is 1. The van der Waals surface area contributed by atoms with Crippen molar-refractivity contribution >= 4 is 34.8 Å². The van der Waals surface area contributed by atoms with Gasteiger partial charge in [0.25, 0.3) is 0 Å². The molecule has 154 valence electrons. The molecule has 2 aliphatic rings. The first kappa shape index (κ1) is 20.5. The van der Waals surface area contributed by atoms with Gasteiger partial charge in [0.2, 0.25) is 5.91 Å². The largest absolute Gasteiger partial charge is 0.484 e. The van der Waals surface area contributed by atoms with E-state index in [2.05, 4.69) is 10.2 Å². The summed E-state index contributed by atoms with van der Waals surface area (Å²) >= 11 is 12.8. The average Bonchev–Trinajstić information content (AvgIpc) is 3.27. The van der Waals surface area contributed by atoms with Crippen molar-refractivity contribution < 1.29 is 14.6 Å². The standard InChI is InChI=1S/C22H24Cl2N2O3/c1-13(28)25-16-3-2-4-17(9-16)29-22-19-7-15(23)8-20(24)18(19)10-21(22)26-6-5-14(11-26)12-27/h2-4,7-9,14,21-22,27H,5-6,10-12H2,1H3,(H,25,28)/t14?,21-,22-/m0/s1. The van der Waals surface area contributed by atoms with Gasteiger partial charge < -0.3 is 15.2 Å². The summed E-state index contributed by atoms with van der Waals surface area (Å²) in [6.45, 7) is 3.44. The maximum Gasteiger partial charge on any atom is 0.221 e. The van der Waals surface area contributed by atoms with E-state index >= 15 is 0 Å².